The number of esters is 1. The maximum absolute atomic E-state index is 13.3. The molecule has 0 aromatic heterocycles. The van der Waals surface area contributed by atoms with E-state index in [1.165, 1.54) is 0 Å². The monoisotopic (exact) mass is 475 g/mol. The summed E-state index contributed by atoms with van der Waals surface area (Å²) in [7, 11) is 0. The zero-order valence-corrected chi connectivity index (χ0v) is 19.1. The van der Waals surface area contributed by atoms with E-state index in [0.717, 1.165) is 17.7 Å². The normalized spacial score (nSPS) is 20.6. The van der Waals surface area contributed by atoms with Crippen molar-refractivity contribution in [1.82, 2.24) is 10.2 Å². The second-order valence-corrected chi connectivity index (χ2v) is 9.04. The first-order chi connectivity index (χ1) is 16.9. The lowest BCUT2D eigenvalue weighted by molar-refractivity contribution is -0.136. The molecule has 1 atom stereocenters. The van der Waals surface area contributed by atoms with Gasteiger partial charge in [0.05, 0.1) is 29.0 Å². The lowest BCUT2D eigenvalue weighted by Crippen LogP contribution is -2.54. The SMILES string of the molecule is O=C1CCC(N2C(=O)c3cccc(N4CCC(COC(=O)c5ccccc5)CC4)c3C2=O)C(=O)N1. The third kappa shape index (κ3) is 4.29. The third-order valence-corrected chi connectivity index (χ3v) is 6.86. The minimum Gasteiger partial charge on any atom is -0.462 e. The van der Waals surface area contributed by atoms with E-state index in [-0.39, 0.29) is 30.3 Å². The highest BCUT2D eigenvalue weighted by atomic mass is 16.5. The van der Waals surface area contributed by atoms with E-state index in [0.29, 0.717) is 36.5 Å². The molecule has 0 aliphatic carbocycles. The number of ether oxygens (including phenoxy) is 1. The van der Waals surface area contributed by atoms with Crippen molar-refractivity contribution in [3.8, 4) is 0 Å². The number of fused-ring (bicyclic) bond motifs is 1. The minimum absolute atomic E-state index is 0.0824. The molecule has 0 saturated carbocycles. The fourth-order valence-corrected chi connectivity index (χ4v) is 4.95. The molecule has 35 heavy (non-hydrogen) atoms. The molecule has 3 aliphatic rings. The van der Waals surface area contributed by atoms with Gasteiger partial charge in [-0.25, -0.2) is 4.79 Å². The van der Waals surface area contributed by atoms with Gasteiger partial charge in [-0.1, -0.05) is 24.3 Å². The van der Waals surface area contributed by atoms with Gasteiger partial charge in [-0.2, -0.15) is 0 Å². The van der Waals surface area contributed by atoms with Crippen molar-refractivity contribution in [3.05, 3.63) is 65.2 Å². The molecule has 1 N–H and O–H groups in total. The second-order valence-electron chi connectivity index (χ2n) is 9.04. The lowest BCUT2D eigenvalue weighted by atomic mass is 9.96. The first-order valence-corrected chi connectivity index (χ1v) is 11.8. The Morgan fingerprint density at radius 2 is 1.66 bits per heavy atom. The molecule has 9 nitrogen and oxygen atoms in total. The van der Waals surface area contributed by atoms with E-state index >= 15 is 0 Å². The zero-order chi connectivity index (χ0) is 24.5. The Kier molecular flexibility index (Phi) is 6.07. The number of carbonyl (C=O) groups excluding carboxylic acids is 5. The van der Waals surface area contributed by atoms with E-state index in [1.807, 2.05) is 12.1 Å². The highest BCUT2D eigenvalue weighted by Gasteiger charge is 2.46. The standard InChI is InChI=1S/C26H25N3O6/c30-21-10-9-20(23(31)27-21)29-24(32)18-7-4-8-19(22(18)25(29)33)28-13-11-16(12-14-28)15-35-26(34)17-5-2-1-3-6-17/h1-8,16,20H,9-15H2,(H,27,30,31). The molecule has 3 aliphatic heterocycles. The number of rotatable bonds is 5. The van der Waals surface area contributed by atoms with Crippen molar-refractivity contribution in [1.29, 1.82) is 0 Å². The summed E-state index contributed by atoms with van der Waals surface area (Å²) < 4.78 is 5.49. The van der Waals surface area contributed by atoms with Crippen LogP contribution in [0.15, 0.2) is 48.5 Å². The molecule has 180 valence electrons. The van der Waals surface area contributed by atoms with Gasteiger partial charge in [0.25, 0.3) is 11.8 Å². The van der Waals surface area contributed by atoms with E-state index in [4.69, 9.17) is 4.74 Å². The van der Waals surface area contributed by atoms with Gasteiger partial charge in [-0.3, -0.25) is 29.4 Å². The Morgan fingerprint density at radius 1 is 0.914 bits per heavy atom. The van der Waals surface area contributed by atoms with Gasteiger partial charge in [0.1, 0.15) is 6.04 Å². The molecule has 1 unspecified atom stereocenters. The van der Waals surface area contributed by atoms with Crippen LogP contribution in [-0.4, -0.2) is 60.2 Å². The second kappa shape index (κ2) is 9.32. The number of carbonyl (C=O) groups is 5. The Bertz CT molecular complexity index is 1200. The fraction of sp³-hybridized carbons (Fsp3) is 0.346. The van der Waals surface area contributed by atoms with Crippen LogP contribution in [0.5, 0.6) is 0 Å². The molecule has 0 spiro atoms. The van der Waals surface area contributed by atoms with Crippen LogP contribution >= 0.6 is 0 Å². The molecule has 2 aromatic carbocycles. The number of nitrogens with one attached hydrogen (secondary N) is 1. The van der Waals surface area contributed by atoms with Crippen molar-refractivity contribution in [3.63, 3.8) is 0 Å². The van der Waals surface area contributed by atoms with E-state index < -0.39 is 29.7 Å². The van der Waals surface area contributed by atoms with Crippen molar-refractivity contribution < 1.29 is 28.7 Å². The smallest absolute Gasteiger partial charge is 0.338 e. The minimum atomic E-state index is -0.988. The van der Waals surface area contributed by atoms with Gasteiger partial charge >= 0.3 is 5.97 Å². The van der Waals surface area contributed by atoms with Crippen molar-refractivity contribution >= 4 is 35.3 Å². The summed E-state index contributed by atoms with van der Waals surface area (Å²) in [6.45, 7) is 1.61. The van der Waals surface area contributed by atoms with Crippen LogP contribution < -0.4 is 10.2 Å². The molecule has 2 aromatic rings. The average molecular weight is 476 g/mol. The van der Waals surface area contributed by atoms with Gasteiger partial charge in [0, 0.05) is 19.5 Å². The van der Waals surface area contributed by atoms with Crippen LogP contribution in [0.25, 0.3) is 0 Å². The molecule has 4 amide bonds. The number of piperidine rings is 2. The summed E-state index contributed by atoms with van der Waals surface area (Å²) in [4.78, 5) is 65.5. The molecule has 2 saturated heterocycles. The molecule has 9 heteroatoms. The van der Waals surface area contributed by atoms with Crippen molar-refractivity contribution in [2.24, 2.45) is 5.92 Å². The summed E-state index contributed by atoms with van der Waals surface area (Å²) in [5, 5.41) is 2.22. The summed E-state index contributed by atoms with van der Waals surface area (Å²) in [5.41, 5.74) is 1.76. The van der Waals surface area contributed by atoms with E-state index in [2.05, 4.69) is 10.2 Å². The van der Waals surface area contributed by atoms with Crippen LogP contribution in [0.4, 0.5) is 5.69 Å². The number of imide groups is 2. The first kappa shape index (κ1) is 22.8. The van der Waals surface area contributed by atoms with Crippen LogP contribution in [0.2, 0.25) is 0 Å². The highest BCUT2D eigenvalue weighted by Crippen LogP contribution is 2.35. The van der Waals surface area contributed by atoms with Gasteiger partial charge in [-0.15, -0.1) is 0 Å². The summed E-state index contributed by atoms with van der Waals surface area (Å²) in [6.07, 6.45) is 1.74. The van der Waals surface area contributed by atoms with Gasteiger partial charge < -0.3 is 9.64 Å². The number of hydrogen-bond acceptors (Lipinski definition) is 7. The predicted molar refractivity (Wildman–Crippen MR) is 125 cm³/mol. The first-order valence-electron chi connectivity index (χ1n) is 11.8. The predicted octanol–water partition coefficient (Wildman–Crippen LogP) is 2.16. The summed E-state index contributed by atoms with van der Waals surface area (Å²) >= 11 is 0. The van der Waals surface area contributed by atoms with Crippen LogP contribution in [0.3, 0.4) is 0 Å². The molecule has 5 rings (SSSR count). The molecule has 0 bridgehead atoms. The van der Waals surface area contributed by atoms with Gasteiger partial charge in [-0.05, 0) is 49.4 Å². The van der Waals surface area contributed by atoms with Crippen molar-refractivity contribution in [2.45, 2.75) is 31.7 Å². The third-order valence-electron chi connectivity index (χ3n) is 6.86. The highest BCUT2D eigenvalue weighted by molar-refractivity contribution is 6.25. The van der Waals surface area contributed by atoms with Crippen LogP contribution in [0.1, 0.15) is 56.8 Å². The Hall–Kier alpha value is -4.01. The number of hydrogen-bond donors (Lipinski definition) is 1. The number of amides is 4. The molecular weight excluding hydrogens is 450 g/mol. The summed E-state index contributed by atoms with van der Waals surface area (Å²) in [6, 6.07) is 13.0. The van der Waals surface area contributed by atoms with Crippen molar-refractivity contribution in [2.75, 3.05) is 24.6 Å². The maximum atomic E-state index is 13.3. The van der Waals surface area contributed by atoms with Crippen LogP contribution in [-0.2, 0) is 14.3 Å². The Morgan fingerprint density at radius 3 is 2.37 bits per heavy atom. The van der Waals surface area contributed by atoms with E-state index in [1.54, 1.807) is 36.4 Å². The molecule has 3 heterocycles. The average Bonchev–Trinajstić information content (AvgIpc) is 3.13. The molecule has 2 fully saturated rings. The van der Waals surface area contributed by atoms with Crippen LogP contribution in [0, 0.1) is 5.92 Å². The lowest BCUT2D eigenvalue weighted by Gasteiger charge is -2.34. The number of nitrogens with zero attached hydrogens (tertiary/aromatic N) is 2. The largest absolute Gasteiger partial charge is 0.462 e. The quantitative estimate of drug-likeness (QED) is 0.521. The topological polar surface area (TPSA) is 113 Å². The van der Waals surface area contributed by atoms with Gasteiger partial charge in [0.15, 0.2) is 0 Å². The number of benzene rings is 2. The summed E-state index contributed by atoms with van der Waals surface area (Å²) in [5.74, 6) is -2.18. The molecule has 0 radical (unpaired) electrons. The fourth-order valence-electron chi connectivity index (χ4n) is 4.95. The Labute approximate surface area is 202 Å². The Balaban J connectivity index is 1.25. The van der Waals surface area contributed by atoms with Gasteiger partial charge in [0.2, 0.25) is 11.8 Å². The zero-order valence-electron chi connectivity index (χ0n) is 19.1. The van der Waals surface area contributed by atoms with E-state index in [9.17, 15) is 24.0 Å². The molecular formula is C26H25N3O6. The maximum Gasteiger partial charge on any atom is 0.338 e. The number of anilines is 1.